The van der Waals surface area contributed by atoms with Crippen LogP contribution in [0.3, 0.4) is 0 Å². The van der Waals surface area contributed by atoms with Gasteiger partial charge >= 0.3 is 0 Å². The van der Waals surface area contributed by atoms with E-state index in [1.807, 2.05) is 34.1 Å². The number of carbonyl (C=O) groups excluding carboxylic acids is 1. The number of nitrogens with zero attached hydrogens (tertiary/aromatic N) is 6. The van der Waals surface area contributed by atoms with Crippen molar-refractivity contribution in [1.82, 2.24) is 29.1 Å². The van der Waals surface area contributed by atoms with E-state index in [9.17, 15) is 23.5 Å². The zero-order valence-electron chi connectivity index (χ0n) is 21.9. The monoisotopic (exact) mass is 540 g/mol. The van der Waals surface area contributed by atoms with E-state index < -0.39 is 12.0 Å². The number of carbonyl (C=O) groups is 1. The van der Waals surface area contributed by atoms with E-state index in [0.29, 0.717) is 56.0 Å². The average Bonchev–Trinajstić information content (AvgIpc) is 3.69. The molecule has 39 heavy (non-hydrogen) atoms. The van der Waals surface area contributed by atoms with Gasteiger partial charge in [-0.05, 0) is 75.2 Å². The Morgan fingerprint density at radius 3 is 2.38 bits per heavy atom. The molecule has 2 saturated heterocycles. The van der Waals surface area contributed by atoms with Crippen molar-refractivity contribution in [2.45, 2.75) is 63.0 Å². The third-order valence-corrected chi connectivity index (χ3v) is 8.54. The van der Waals surface area contributed by atoms with Crippen LogP contribution >= 0.6 is 0 Å². The van der Waals surface area contributed by atoms with Gasteiger partial charge in [0.2, 0.25) is 5.91 Å². The van der Waals surface area contributed by atoms with E-state index in [0.717, 1.165) is 31.4 Å². The molecule has 0 radical (unpaired) electrons. The molecule has 1 saturated carbocycles. The van der Waals surface area contributed by atoms with Crippen LogP contribution in [-0.2, 0) is 11.3 Å². The molecule has 6 rings (SSSR count). The molecular weight excluding hydrogens is 506 g/mol. The minimum absolute atomic E-state index is 0.121. The lowest BCUT2D eigenvalue weighted by molar-refractivity contribution is -0.137. The smallest absolute Gasteiger partial charge is 0.264 e. The SMILES string of the molecule is O=C(C1CC1)N1CCC(O)(Cn2cnc3c(cnn3-c3ccc(C4CCN(CC(F)F)CC4)cc3)c2=O)CC1. The summed E-state index contributed by atoms with van der Waals surface area (Å²) in [5, 5.41) is 16.0. The number of alkyl halides is 2. The maximum atomic E-state index is 13.3. The van der Waals surface area contributed by atoms with Crippen molar-refractivity contribution in [3.63, 3.8) is 0 Å². The summed E-state index contributed by atoms with van der Waals surface area (Å²) in [5.41, 5.74) is 1.06. The second-order valence-corrected chi connectivity index (χ2v) is 11.4. The normalized spacial score (nSPS) is 20.7. The van der Waals surface area contributed by atoms with Crippen LogP contribution in [0.4, 0.5) is 8.78 Å². The number of hydrogen-bond donors (Lipinski definition) is 1. The highest BCUT2D eigenvalue weighted by molar-refractivity contribution is 5.81. The Bertz CT molecular complexity index is 1380. The first kappa shape index (κ1) is 26.1. The molecule has 9 nitrogen and oxygen atoms in total. The lowest BCUT2D eigenvalue weighted by Gasteiger charge is -2.38. The molecule has 1 N–H and O–H groups in total. The van der Waals surface area contributed by atoms with Crippen LogP contribution in [0.25, 0.3) is 16.7 Å². The summed E-state index contributed by atoms with van der Waals surface area (Å²) in [6.45, 7) is 2.30. The van der Waals surface area contributed by atoms with Crippen LogP contribution < -0.4 is 5.56 Å². The van der Waals surface area contributed by atoms with Crippen molar-refractivity contribution in [3.8, 4) is 5.69 Å². The molecule has 2 aromatic heterocycles. The van der Waals surface area contributed by atoms with Crippen LogP contribution in [0.15, 0.2) is 41.6 Å². The molecule has 4 heterocycles. The largest absolute Gasteiger partial charge is 0.388 e. The molecule has 0 unspecified atom stereocenters. The summed E-state index contributed by atoms with van der Waals surface area (Å²) in [6, 6.07) is 7.96. The Hall–Kier alpha value is -3.18. The molecule has 1 aliphatic carbocycles. The molecule has 1 amide bonds. The molecule has 208 valence electrons. The summed E-state index contributed by atoms with van der Waals surface area (Å²) < 4.78 is 28.4. The number of aliphatic hydroxyl groups is 1. The third-order valence-electron chi connectivity index (χ3n) is 8.54. The number of likely N-dealkylation sites (tertiary alicyclic amines) is 2. The summed E-state index contributed by atoms with van der Waals surface area (Å²) in [7, 11) is 0. The van der Waals surface area contributed by atoms with Crippen LogP contribution in [-0.4, -0.2) is 84.9 Å². The summed E-state index contributed by atoms with van der Waals surface area (Å²) >= 11 is 0. The van der Waals surface area contributed by atoms with Gasteiger partial charge in [0.15, 0.2) is 5.65 Å². The van der Waals surface area contributed by atoms with Gasteiger partial charge in [-0.25, -0.2) is 18.4 Å². The molecule has 3 fully saturated rings. The Kier molecular flexibility index (Phi) is 6.96. The molecule has 11 heteroatoms. The van der Waals surface area contributed by atoms with E-state index in [-0.39, 0.29) is 30.5 Å². The van der Waals surface area contributed by atoms with Crippen molar-refractivity contribution in [1.29, 1.82) is 0 Å². The first-order valence-electron chi connectivity index (χ1n) is 13.8. The highest BCUT2D eigenvalue weighted by Gasteiger charge is 2.39. The summed E-state index contributed by atoms with van der Waals surface area (Å²) in [5.74, 6) is 0.682. The fourth-order valence-corrected chi connectivity index (χ4v) is 5.99. The minimum atomic E-state index is -2.30. The van der Waals surface area contributed by atoms with Crippen LogP contribution in [0.5, 0.6) is 0 Å². The first-order chi connectivity index (χ1) is 18.8. The molecule has 0 atom stereocenters. The molecular formula is C28H34F2N6O3. The Balaban J connectivity index is 1.13. The van der Waals surface area contributed by atoms with Gasteiger partial charge in [0.1, 0.15) is 11.7 Å². The van der Waals surface area contributed by atoms with Gasteiger partial charge in [0, 0.05) is 19.0 Å². The van der Waals surface area contributed by atoms with Gasteiger partial charge in [-0.1, -0.05) is 12.1 Å². The van der Waals surface area contributed by atoms with Crippen molar-refractivity contribution < 1.29 is 18.7 Å². The number of hydrogen-bond acceptors (Lipinski definition) is 6. The van der Waals surface area contributed by atoms with E-state index >= 15 is 0 Å². The Morgan fingerprint density at radius 1 is 1.05 bits per heavy atom. The second kappa shape index (κ2) is 10.4. The predicted octanol–water partition coefficient (Wildman–Crippen LogP) is 2.79. The number of benzene rings is 1. The van der Waals surface area contributed by atoms with Gasteiger partial charge in [0.25, 0.3) is 12.0 Å². The highest BCUT2D eigenvalue weighted by atomic mass is 19.3. The van der Waals surface area contributed by atoms with E-state index in [4.69, 9.17) is 0 Å². The zero-order valence-corrected chi connectivity index (χ0v) is 21.9. The van der Waals surface area contributed by atoms with Gasteiger partial charge in [-0.2, -0.15) is 5.10 Å². The fourth-order valence-electron chi connectivity index (χ4n) is 5.99. The van der Waals surface area contributed by atoms with E-state index in [2.05, 4.69) is 10.1 Å². The summed E-state index contributed by atoms with van der Waals surface area (Å²) in [4.78, 5) is 33.8. The van der Waals surface area contributed by atoms with Crippen molar-refractivity contribution in [2.75, 3.05) is 32.7 Å². The predicted molar refractivity (Wildman–Crippen MR) is 141 cm³/mol. The van der Waals surface area contributed by atoms with Crippen LogP contribution in [0.2, 0.25) is 0 Å². The highest BCUT2D eigenvalue weighted by Crippen LogP contribution is 2.33. The Morgan fingerprint density at radius 2 is 1.74 bits per heavy atom. The summed E-state index contributed by atoms with van der Waals surface area (Å²) in [6.07, 6.45) is 5.14. The fraction of sp³-hybridized carbons (Fsp3) is 0.571. The van der Waals surface area contributed by atoms with Crippen LogP contribution in [0.1, 0.15) is 50.0 Å². The lowest BCUT2D eigenvalue weighted by Crippen LogP contribution is -2.50. The van der Waals surface area contributed by atoms with Gasteiger partial charge in [0.05, 0.1) is 30.6 Å². The van der Waals surface area contributed by atoms with E-state index in [1.54, 1.807) is 4.68 Å². The molecule has 3 aromatic rings. The molecule has 3 aliphatic rings. The maximum absolute atomic E-state index is 13.3. The number of amides is 1. The van der Waals surface area contributed by atoms with E-state index in [1.165, 1.54) is 22.7 Å². The minimum Gasteiger partial charge on any atom is -0.388 e. The number of aromatic nitrogens is 4. The third kappa shape index (κ3) is 5.47. The van der Waals surface area contributed by atoms with Crippen molar-refractivity contribution in [3.05, 3.63) is 52.7 Å². The number of piperidine rings is 2. The van der Waals surface area contributed by atoms with Crippen LogP contribution in [0, 0.1) is 5.92 Å². The standard InChI is InChI=1S/C28H34F2N6O3/c29-24(30)16-33-11-7-20(8-12-33)19-3-5-22(6-4-19)36-25-23(15-32-36)27(38)35(18-31-25)17-28(39)9-13-34(14-10-28)26(37)21-1-2-21/h3-6,15,18,20-21,24,39H,1-2,7-14,16-17H2. The Labute approximate surface area is 225 Å². The number of fused-ring (bicyclic) bond motifs is 1. The number of rotatable bonds is 7. The van der Waals surface area contributed by atoms with Gasteiger partial charge in [-0.15, -0.1) is 0 Å². The molecule has 0 spiro atoms. The lowest BCUT2D eigenvalue weighted by atomic mass is 9.89. The maximum Gasteiger partial charge on any atom is 0.264 e. The van der Waals surface area contributed by atoms with Crippen molar-refractivity contribution >= 4 is 16.9 Å². The second-order valence-electron chi connectivity index (χ2n) is 11.4. The zero-order chi connectivity index (χ0) is 27.1. The number of halogens is 2. The van der Waals surface area contributed by atoms with Gasteiger partial charge < -0.3 is 10.0 Å². The molecule has 2 aliphatic heterocycles. The van der Waals surface area contributed by atoms with Crippen molar-refractivity contribution in [2.24, 2.45) is 5.92 Å². The first-order valence-corrected chi connectivity index (χ1v) is 13.8. The average molecular weight is 541 g/mol. The molecule has 1 aromatic carbocycles. The molecule has 0 bridgehead atoms. The van der Waals surface area contributed by atoms with Gasteiger partial charge in [-0.3, -0.25) is 19.1 Å². The quantitative estimate of drug-likeness (QED) is 0.495. The topological polar surface area (TPSA) is 96.5 Å².